The molecule has 2 amide bonds. The highest BCUT2D eigenvalue weighted by atomic mass is 35.5. The molecule has 0 aliphatic rings. The second kappa shape index (κ2) is 11.9. The average Bonchev–Trinajstić information content (AvgIpc) is 2.76. The molecular weight excluding hydrogens is 510 g/mol. The standard InChI is InChI=1S/C28H40ClN3O4S/c1-9-24(26(34)30-28(5,6)7)31(18-20-10-14-22(29)15-11-20)25(33)19-32(37(8,35)36)23-16-12-21(13-17-23)27(2,3)4/h10-17,24H,9,18-19H2,1-8H3,(H,30,34). The minimum absolute atomic E-state index is 0.103. The Hall–Kier alpha value is -2.58. The Kier molecular flexibility index (Phi) is 9.82. The predicted octanol–water partition coefficient (Wildman–Crippen LogP) is 5.13. The van der Waals surface area contributed by atoms with E-state index in [4.69, 9.17) is 11.6 Å². The van der Waals surface area contributed by atoms with Crippen molar-refractivity contribution in [1.29, 1.82) is 0 Å². The van der Waals surface area contributed by atoms with Crippen molar-refractivity contribution in [3.8, 4) is 0 Å². The lowest BCUT2D eigenvalue weighted by molar-refractivity contribution is -0.141. The Morgan fingerprint density at radius 3 is 1.92 bits per heavy atom. The Morgan fingerprint density at radius 2 is 1.49 bits per heavy atom. The van der Waals surface area contributed by atoms with E-state index in [-0.39, 0.29) is 17.9 Å². The Bertz CT molecular complexity index is 1180. The van der Waals surface area contributed by atoms with Gasteiger partial charge in [0.05, 0.1) is 11.9 Å². The van der Waals surface area contributed by atoms with Crippen LogP contribution in [0.25, 0.3) is 0 Å². The number of benzene rings is 2. The predicted molar refractivity (Wildman–Crippen MR) is 151 cm³/mol. The number of sulfonamides is 1. The molecule has 0 aromatic heterocycles. The first-order valence-corrected chi connectivity index (χ1v) is 14.6. The minimum atomic E-state index is -3.79. The smallest absolute Gasteiger partial charge is 0.244 e. The van der Waals surface area contributed by atoms with Crippen molar-refractivity contribution >= 4 is 39.1 Å². The van der Waals surface area contributed by atoms with E-state index in [1.807, 2.05) is 39.8 Å². The van der Waals surface area contributed by atoms with E-state index in [0.29, 0.717) is 17.1 Å². The van der Waals surface area contributed by atoms with Gasteiger partial charge in [-0.25, -0.2) is 8.42 Å². The molecule has 0 aliphatic heterocycles. The Balaban J connectivity index is 2.46. The molecule has 7 nitrogen and oxygen atoms in total. The van der Waals surface area contributed by atoms with Crippen LogP contribution in [0.4, 0.5) is 5.69 Å². The highest BCUT2D eigenvalue weighted by molar-refractivity contribution is 7.92. The maximum atomic E-state index is 13.8. The van der Waals surface area contributed by atoms with E-state index in [1.54, 1.807) is 36.4 Å². The molecule has 0 fully saturated rings. The lowest BCUT2D eigenvalue weighted by Crippen LogP contribution is -2.55. The normalized spacial score (nSPS) is 13.1. The summed E-state index contributed by atoms with van der Waals surface area (Å²) in [4.78, 5) is 28.4. The molecule has 0 aliphatic carbocycles. The first-order chi connectivity index (χ1) is 16.9. The number of rotatable bonds is 9. The summed E-state index contributed by atoms with van der Waals surface area (Å²) >= 11 is 6.03. The van der Waals surface area contributed by atoms with Crippen LogP contribution in [0.15, 0.2) is 48.5 Å². The molecule has 2 aromatic carbocycles. The summed E-state index contributed by atoms with van der Waals surface area (Å²) in [5.41, 5.74) is 1.62. The van der Waals surface area contributed by atoms with Crippen molar-refractivity contribution in [2.75, 3.05) is 17.1 Å². The van der Waals surface area contributed by atoms with Gasteiger partial charge in [0.1, 0.15) is 12.6 Å². The van der Waals surface area contributed by atoms with Crippen molar-refractivity contribution in [3.05, 3.63) is 64.7 Å². The van der Waals surface area contributed by atoms with Crippen molar-refractivity contribution in [3.63, 3.8) is 0 Å². The molecule has 0 saturated carbocycles. The van der Waals surface area contributed by atoms with Crippen LogP contribution >= 0.6 is 11.6 Å². The minimum Gasteiger partial charge on any atom is -0.350 e. The summed E-state index contributed by atoms with van der Waals surface area (Å²) in [7, 11) is -3.79. The molecule has 1 atom stereocenters. The topological polar surface area (TPSA) is 86.8 Å². The highest BCUT2D eigenvalue weighted by Crippen LogP contribution is 2.26. The monoisotopic (exact) mass is 549 g/mol. The van der Waals surface area contributed by atoms with Crippen LogP contribution in [0, 0.1) is 0 Å². The highest BCUT2D eigenvalue weighted by Gasteiger charge is 2.33. The van der Waals surface area contributed by atoms with Gasteiger partial charge in [-0.15, -0.1) is 0 Å². The molecule has 2 rings (SSSR count). The fourth-order valence-corrected chi connectivity index (χ4v) is 4.88. The van der Waals surface area contributed by atoms with Crippen LogP contribution in [0.2, 0.25) is 5.02 Å². The number of anilines is 1. The second-order valence-corrected chi connectivity index (χ2v) is 13.7. The number of carbonyl (C=O) groups excluding carboxylic acids is 2. The largest absolute Gasteiger partial charge is 0.350 e. The van der Waals surface area contributed by atoms with Gasteiger partial charge in [0.2, 0.25) is 21.8 Å². The van der Waals surface area contributed by atoms with E-state index in [1.165, 1.54) is 4.90 Å². The van der Waals surface area contributed by atoms with Crippen LogP contribution in [-0.2, 0) is 31.6 Å². The summed E-state index contributed by atoms with van der Waals surface area (Å²) in [6, 6.07) is 13.4. The van der Waals surface area contributed by atoms with E-state index in [9.17, 15) is 18.0 Å². The third-order valence-corrected chi connectivity index (χ3v) is 7.24. The summed E-state index contributed by atoms with van der Waals surface area (Å²) < 4.78 is 26.7. The van der Waals surface area contributed by atoms with Crippen LogP contribution in [-0.4, -0.2) is 49.5 Å². The molecule has 37 heavy (non-hydrogen) atoms. The second-order valence-electron chi connectivity index (χ2n) is 11.4. The molecule has 0 heterocycles. The maximum Gasteiger partial charge on any atom is 0.244 e. The number of hydrogen-bond acceptors (Lipinski definition) is 4. The van der Waals surface area contributed by atoms with Crippen molar-refractivity contribution in [2.45, 2.75) is 78.4 Å². The third kappa shape index (κ3) is 9.04. The zero-order valence-corrected chi connectivity index (χ0v) is 24.7. The van der Waals surface area contributed by atoms with E-state index in [0.717, 1.165) is 21.7 Å². The number of amides is 2. The van der Waals surface area contributed by atoms with E-state index in [2.05, 4.69) is 26.1 Å². The molecule has 0 saturated heterocycles. The molecule has 1 N–H and O–H groups in total. The van der Waals surface area contributed by atoms with Crippen LogP contribution in [0.3, 0.4) is 0 Å². The summed E-state index contributed by atoms with van der Waals surface area (Å²) in [5, 5.41) is 3.51. The summed E-state index contributed by atoms with van der Waals surface area (Å²) in [5.74, 6) is -0.770. The quantitative estimate of drug-likeness (QED) is 0.470. The number of hydrogen-bond donors (Lipinski definition) is 1. The first kappa shape index (κ1) is 30.6. The maximum absolute atomic E-state index is 13.8. The molecule has 0 spiro atoms. The Labute approximate surface area is 227 Å². The molecule has 9 heteroatoms. The number of carbonyl (C=O) groups is 2. The molecule has 1 unspecified atom stereocenters. The van der Waals surface area contributed by atoms with Crippen LogP contribution in [0.1, 0.15) is 66.0 Å². The van der Waals surface area contributed by atoms with Gasteiger partial charge in [-0.1, -0.05) is 63.6 Å². The molecule has 204 valence electrons. The average molecular weight is 550 g/mol. The van der Waals surface area contributed by atoms with Gasteiger partial charge < -0.3 is 10.2 Å². The SMILES string of the molecule is CCC(C(=O)NC(C)(C)C)N(Cc1ccc(Cl)cc1)C(=O)CN(c1ccc(C(C)(C)C)cc1)S(C)(=O)=O. The molecule has 2 aromatic rings. The fourth-order valence-electron chi connectivity index (χ4n) is 3.90. The molecule has 0 radical (unpaired) electrons. The summed E-state index contributed by atoms with van der Waals surface area (Å²) in [6.07, 6.45) is 1.44. The Morgan fingerprint density at radius 1 is 0.946 bits per heavy atom. The number of nitrogens with one attached hydrogen (secondary N) is 1. The molecular formula is C28H40ClN3O4S. The lowest BCUT2D eigenvalue weighted by Gasteiger charge is -2.34. The number of nitrogens with zero attached hydrogens (tertiary/aromatic N) is 2. The van der Waals surface area contributed by atoms with Gasteiger partial charge >= 0.3 is 0 Å². The van der Waals surface area contributed by atoms with Gasteiger partial charge in [-0.3, -0.25) is 13.9 Å². The zero-order chi connectivity index (χ0) is 28.2. The van der Waals surface area contributed by atoms with Crippen molar-refractivity contribution < 1.29 is 18.0 Å². The van der Waals surface area contributed by atoms with Gasteiger partial charge in [-0.05, 0) is 68.0 Å². The first-order valence-electron chi connectivity index (χ1n) is 12.4. The van der Waals surface area contributed by atoms with E-state index >= 15 is 0 Å². The van der Waals surface area contributed by atoms with Crippen LogP contribution in [0.5, 0.6) is 0 Å². The van der Waals surface area contributed by atoms with Crippen molar-refractivity contribution in [1.82, 2.24) is 10.2 Å². The summed E-state index contributed by atoms with van der Waals surface area (Å²) in [6.45, 7) is 13.4. The fraction of sp³-hybridized carbons (Fsp3) is 0.500. The van der Waals surface area contributed by atoms with Gasteiger partial charge in [-0.2, -0.15) is 0 Å². The van der Waals surface area contributed by atoms with Crippen molar-refractivity contribution in [2.24, 2.45) is 0 Å². The van der Waals surface area contributed by atoms with Gasteiger partial charge in [0.15, 0.2) is 0 Å². The van der Waals surface area contributed by atoms with E-state index < -0.39 is 34.1 Å². The van der Waals surface area contributed by atoms with Gasteiger partial charge in [0, 0.05) is 17.1 Å². The lowest BCUT2D eigenvalue weighted by atomic mass is 9.87. The van der Waals surface area contributed by atoms with Crippen LogP contribution < -0.4 is 9.62 Å². The third-order valence-electron chi connectivity index (χ3n) is 5.85. The zero-order valence-electron chi connectivity index (χ0n) is 23.1. The van der Waals surface area contributed by atoms with Gasteiger partial charge in [0.25, 0.3) is 0 Å². The number of halogens is 1. The molecule has 0 bridgehead atoms.